The smallest absolute Gasteiger partial charge is 0.222 e. The van der Waals surface area contributed by atoms with E-state index in [0.29, 0.717) is 0 Å². The van der Waals surface area contributed by atoms with Crippen molar-refractivity contribution >= 4 is 17.8 Å². The molecule has 2 rings (SSSR count). The summed E-state index contributed by atoms with van der Waals surface area (Å²) in [5, 5.41) is 0.289. The van der Waals surface area contributed by atoms with E-state index in [2.05, 4.69) is 15.0 Å². The fraction of sp³-hybridized carbons (Fsp3) is 0.286. The normalized spacial score (nSPS) is 14.6. The van der Waals surface area contributed by atoms with Crippen LogP contribution in [0.4, 0.5) is 0 Å². The fourth-order valence-electron chi connectivity index (χ4n) is 1.04. The second-order valence-corrected chi connectivity index (χ2v) is 2.67. The molecule has 0 amide bonds. The lowest BCUT2D eigenvalue weighted by Gasteiger charge is -2.06. The average molecular weight is 168 g/mol. The lowest BCUT2D eigenvalue weighted by Crippen LogP contribution is -2.06. The lowest BCUT2D eigenvalue weighted by atomic mass is 10.1. The number of halogens is 1. The zero-order chi connectivity index (χ0) is 7.68. The quantitative estimate of drug-likeness (QED) is 0.543. The van der Waals surface area contributed by atoms with Crippen LogP contribution in [0.5, 0.6) is 0 Å². The highest BCUT2D eigenvalue weighted by atomic mass is 35.5. The molecule has 1 aliphatic heterocycles. The van der Waals surface area contributed by atoms with Crippen molar-refractivity contribution in [1.29, 1.82) is 0 Å². The van der Waals surface area contributed by atoms with Crippen molar-refractivity contribution in [2.24, 2.45) is 4.99 Å². The number of rotatable bonds is 0. The van der Waals surface area contributed by atoms with E-state index in [1.807, 2.05) is 0 Å². The molecule has 0 unspecified atom stereocenters. The molecule has 0 bridgehead atoms. The van der Waals surface area contributed by atoms with Crippen molar-refractivity contribution in [3.05, 3.63) is 22.7 Å². The van der Waals surface area contributed by atoms with Gasteiger partial charge in [0.25, 0.3) is 0 Å². The van der Waals surface area contributed by atoms with Gasteiger partial charge in [0.15, 0.2) is 0 Å². The fourth-order valence-corrected chi connectivity index (χ4v) is 1.18. The summed E-state index contributed by atoms with van der Waals surface area (Å²) in [5.41, 5.74) is 1.99. The molecule has 0 fully saturated rings. The Hall–Kier alpha value is -0.960. The summed E-state index contributed by atoms with van der Waals surface area (Å²) < 4.78 is 0. The predicted molar refractivity (Wildman–Crippen MR) is 43.2 cm³/mol. The van der Waals surface area contributed by atoms with Gasteiger partial charge in [0.05, 0.1) is 5.69 Å². The van der Waals surface area contributed by atoms with Crippen molar-refractivity contribution < 1.29 is 0 Å². The third kappa shape index (κ3) is 1.24. The van der Waals surface area contributed by atoms with Crippen LogP contribution in [0.25, 0.3) is 0 Å². The van der Waals surface area contributed by atoms with E-state index in [1.54, 1.807) is 12.4 Å². The predicted octanol–water partition coefficient (Wildman–Crippen LogP) is 1.10. The minimum absolute atomic E-state index is 0.289. The topological polar surface area (TPSA) is 38.1 Å². The van der Waals surface area contributed by atoms with E-state index in [-0.39, 0.29) is 5.28 Å². The second-order valence-electron chi connectivity index (χ2n) is 2.33. The van der Waals surface area contributed by atoms with Gasteiger partial charge in [-0.25, -0.2) is 9.97 Å². The number of aromatic nitrogens is 2. The number of nitrogens with zero attached hydrogens (tertiary/aromatic N) is 3. The average Bonchev–Trinajstić information content (AvgIpc) is 2.04. The summed E-state index contributed by atoms with van der Waals surface area (Å²) >= 11 is 5.59. The zero-order valence-electron chi connectivity index (χ0n) is 5.79. The zero-order valence-corrected chi connectivity index (χ0v) is 6.54. The molecule has 2 heterocycles. The molecular formula is C7H6ClN3. The maximum atomic E-state index is 5.59. The van der Waals surface area contributed by atoms with E-state index in [9.17, 15) is 0 Å². The van der Waals surface area contributed by atoms with E-state index >= 15 is 0 Å². The molecule has 0 aliphatic carbocycles. The van der Waals surface area contributed by atoms with E-state index in [1.165, 1.54) is 0 Å². The number of aliphatic imine (C=N–C) groups is 1. The van der Waals surface area contributed by atoms with Crippen LogP contribution in [-0.2, 0) is 6.42 Å². The number of fused-ring (bicyclic) bond motifs is 1. The van der Waals surface area contributed by atoms with Gasteiger partial charge in [-0.3, -0.25) is 4.99 Å². The molecule has 3 nitrogen and oxygen atoms in total. The monoisotopic (exact) mass is 167 g/mol. The first-order chi connectivity index (χ1) is 5.36. The van der Waals surface area contributed by atoms with Crippen molar-refractivity contribution in [1.82, 2.24) is 9.97 Å². The minimum Gasteiger partial charge on any atom is -0.291 e. The highest BCUT2D eigenvalue weighted by molar-refractivity contribution is 6.28. The van der Waals surface area contributed by atoms with Crippen LogP contribution in [0.1, 0.15) is 11.3 Å². The number of hydrogen-bond acceptors (Lipinski definition) is 3. The van der Waals surface area contributed by atoms with Gasteiger partial charge in [0.2, 0.25) is 5.28 Å². The van der Waals surface area contributed by atoms with Gasteiger partial charge in [-0.15, -0.1) is 0 Å². The van der Waals surface area contributed by atoms with Gasteiger partial charge < -0.3 is 0 Å². The highest BCUT2D eigenvalue weighted by Gasteiger charge is 2.06. The molecule has 1 aliphatic rings. The maximum Gasteiger partial charge on any atom is 0.222 e. The van der Waals surface area contributed by atoms with E-state index in [0.717, 1.165) is 24.2 Å². The highest BCUT2D eigenvalue weighted by Crippen LogP contribution is 2.10. The van der Waals surface area contributed by atoms with Gasteiger partial charge in [-0.2, -0.15) is 0 Å². The summed E-state index contributed by atoms with van der Waals surface area (Å²) in [7, 11) is 0. The summed E-state index contributed by atoms with van der Waals surface area (Å²) in [6.45, 7) is 0.831. The summed E-state index contributed by atoms with van der Waals surface area (Å²) in [5.74, 6) is 0. The summed E-state index contributed by atoms with van der Waals surface area (Å²) in [4.78, 5) is 12.0. The Labute approximate surface area is 69.2 Å². The van der Waals surface area contributed by atoms with Crippen LogP contribution >= 0.6 is 11.6 Å². The van der Waals surface area contributed by atoms with Crippen LogP contribution in [0.3, 0.4) is 0 Å². The van der Waals surface area contributed by atoms with Gasteiger partial charge >= 0.3 is 0 Å². The molecule has 0 N–H and O–H groups in total. The second kappa shape index (κ2) is 2.58. The Morgan fingerprint density at radius 3 is 3.27 bits per heavy atom. The molecule has 0 spiro atoms. The first-order valence-corrected chi connectivity index (χ1v) is 3.75. The SMILES string of the molecule is Clc1ncc2c(n1)C=NCC2. The van der Waals surface area contributed by atoms with Crippen LogP contribution in [-0.4, -0.2) is 22.7 Å². The summed E-state index contributed by atoms with van der Waals surface area (Å²) in [6, 6.07) is 0. The Kier molecular flexibility index (Phi) is 1.58. The maximum absolute atomic E-state index is 5.59. The molecule has 0 aromatic carbocycles. The first-order valence-electron chi connectivity index (χ1n) is 3.37. The molecule has 56 valence electrons. The molecule has 11 heavy (non-hydrogen) atoms. The van der Waals surface area contributed by atoms with Crippen LogP contribution in [0.15, 0.2) is 11.2 Å². The van der Waals surface area contributed by atoms with E-state index in [4.69, 9.17) is 11.6 Å². The molecule has 4 heteroatoms. The Morgan fingerprint density at radius 2 is 2.36 bits per heavy atom. The van der Waals surface area contributed by atoms with Crippen molar-refractivity contribution in [3.63, 3.8) is 0 Å². The molecule has 0 saturated heterocycles. The Morgan fingerprint density at radius 1 is 1.45 bits per heavy atom. The van der Waals surface area contributed by atoms with Gasteiger partial charge in [-0.1, -0.05) is 0 Å². The summed E-state index contributed by atoms with van der Waals surface area (Å²) in [6.07, 6.45) is 4.42. The molecule has 0 saturated carbocycles. The van der Waals surface area contributed by atoms with Crippen molar-refractivity contribution in [2.45, 2.75) is 6.42 Å². The lowest BCUT2D eigenvalue weighted by molar-refractivity contribution is 0.917. The minimum atomic E-state index is 0.289. The van der Waals surface area contributed by atoms with E-state index < -0.39 is 0 Å². The Bertz CT molecular complexity index is 309. The van der Waals surface area contributed by atoms with Crippen LogP contribution in [0, 0.1) is 0 Å². The first kappa shape index (κ1) is 6.73. The van der Waals surface area contributed by atoms with Gasteiger partial charge in [0, 0.05) is 19.0 Å². The molecule has 0 atom stereocenters. The molecule has 1 aromatic rings. The standard InChI is InChI=1S/C7H6ClN3/c8-7-10-3-5-1-2-9-4-6(5)11-7/h3-4H,1-2H2. The third-order valence-electron chi connectivity index (χ3n) is 1.59. The van der Waals surface area contributed by atoms with Gasteiger partial charge in [-0.05, 0) is 23.6 Å². The van der Waals surface area contributed by atoms with Gasteiger partial charge in [0.1, 0.15) is 0 Å². The van der Waals surface area contributed by atoms with Crippen LogP contribution in [0.2, 0.25) is 5.28 Å². The Balaban J connectivity index is 2.54. The number of hydrogen-bond donors (Lipinski definition) is 0. The third-order valence-corrected chi connectivity index (χ3v) is 1.77. The van der Waals surface area contributed by atoms with Crippen LogP contribution < -0.4 is 0 Å². The molecular weight excluding hydrogens is 162 g/mol. The molecule has 1 aromatic heterocycles. The van der Waals surface area contributed by atoms with Crippen molar-refractivity contribution in [3.8, 4) is 0 Å². The van der Waals surface area contributed by atoms with Crippen molar-refractivity contribution in [2.75, 3.05) is 6.54 Å². The largest absolute Gasteiger partial charge is 0.291 e. The molecule has 0 radical (unpaired) electrons.